The third-order valence-electron chi connectivity index (χ3n) is 4.90. The summed E-state index contributed by atoms with van der Waals surface area (Å²) in [6.45, 7) is 7.80. The normalized spacial score (nSPS) is 16.3. The number of piperazine rings is 1. The first kappa shape index (κ1) is 22.0. The highest BCUT2D eigenvalue weighted by atomic mass is 16.5. The third-order valence-corrected chi connectivity index (χ3v) is 4.90. The fraction of sp³-hybridized carbons (Fsp3) is 0.600. The van der Waals surface area contributed by atoms with E-state index < -0.39 is 0 Å². The van der Waals surface area contributed by atoms with Crippen LogP contribution < -0.4 is 20.1 Å². The second-order valence-corrected chi connectivity index (χ2v) is 7.04. The molecule has 1 aromatic carbocycles. The maximum absolute atomic E-state index is 12.4. The fourth-order valence-electron chi connectivity index (χ4n) is 3.04. The average molecular weight is 393 g/mol. The molecule has 8 heteroatoms. The molecule has 1 saturated heterocycles. The minimum atomic E-state index is -0.102. The van der Waals surface area contributed by atoms with Crippen LogP contribution in [0.5, 0.6) is 11.5 Å². The molecule has 1 aromatic rings. The van der Waals surface area contributed by atoms with Crippen LogP contribution in [0.4, 0.5) is 5.69 Å². The Kier molecular flexibility index (Phi) is 8.53. The molecule has 156 valence electrons. The molecule has 1 aliphatic rings. The lowest BCUT2D eigenvalue weighted by molar-refractivity contribution is -0.124. The SMILES string of the molecule is CC[C@@H](C)NC(=O)CN1CCN(CC(=O)Nc2cc(OC)ccc2OC)CC1. The van der Waals surface area contributed by atoms with Crippen molar-refractivity contribution >= 4 is 17.5 Å². The van der Waals surface area contributed by atoms with Gasteiger partial charge in [0.25, 0.3) is 0 Å². The van der Waals surface area contributed by atoms with Gasteiger partial charge in [0.2, 0.25) is 11.8 Å². The Morgan fingerprint density at radius 2 is 1.64 bits per heavy atom. The number of nitrogens with one attached hydrogen (secondary N) is 2. The van der Waals surface area contributed by atoms with Gasteiger partial charge in [-0.05, 0) is 25.5 Å². The van der Waals surface area contributed by atoms with Gasteiger partial charge < -0.3 is 20.1 Å². The highest BCUT2D eigenvalue weighted by Gasteiger charge is 2.21. The highest BCUT2D eigenvalue weighted by Crippen LogP contribution is 2.28. The van der Waals surface area contributed by atoms with E-state index in [1.807, 2.05) is 6.92 Å². The Morgan fingerprint density at radius 3 is 2.18 bits per heavy atom. The number of amides is 2. The summed E-state index contributed by atoms with van der Waals surface area (Å²) >= 11 is 0. The molecule has 1 aliphatic heterocycles. The average Bonchev–Trinajstić information content (AvgIpc) is 2.69. The third kappa shape index (κ3) is 6.69. The van der Waals surface area contributed by atoms with Gasteiger partial charge in [-0.1, -0.05) is 6.92 Å². The first-order valence-electron chi connectivity index (χ1n) is 9.71. The van der Waals surface area contributed by atoms with E-state index in [1.165, 1.54) is 0 Å². The number of hydrogen-bond acceptors (Lipinski definition) is 6. The standard InChI is InChI=1S/C20H32N4O4/c1-5-15(2)21-19(25)13-23-8-10-24(11-9-23)14-20(26)22-17-12-16(27-3)6-7-18(17)28-4/h6-7,12,15H,5,8-11,13-14H2,1-4H3,(H,21,25)(H,22,26)/t15-/m1/s1. The predicted octanol–water partition coefficient (Wildman–Crippen LogP) is 1.17. The zero-order valence-electron chi connectivity index (χ0n) is 17.3. The molecule has 1 fully saturated rings. The minimum absolute atomic E-state index is 0.0608. The van der Waals surface area contributed by atoms with Gasteiger partial charge in [-0.25, -0.2) is 0 Å². The van der Waals surface area contributed by atoms with E-state index in [2.05, 4.69) is 27.4 Å². The van der Waals surface area contributed by atoms with E-state index in [-0.39, 0.29) is 17.9 Å². The Labute approximate surface area is 167 Å². The van der Waals surface area contributed by atoms with Crippen LogP contribution in [-0.4, -0.2) is 81.1 Å². The molecule has 0 bridgehead atoms. The summed E-state index contributed by atoms with van der Waals surface area (Å²) in [6, 6.07) is 5.49. The maximum Gasteiger partial charge on any atom is 0.238 e. The van der Waals surface area contributed by atoms with Gasteiger partial charge in [-0.15, -0.1) is 0 Å². The number of nitrogens with zero attached hydrogens (tertiary/aromatic N) is 2. The molecule has 1 atom stereocenters. The van der Waals surface area contributed by atoms with Crippen molar-refractivity contribution in [3.63, 3.8) is 0 Å². The molecule has 0 unspecified atom stereocenters. The molecule has 0 spiro atoms. The van der Waals surface area contributed by atoms with Gasteiger partial charge in [-0.3, -0.25) is 19.4 Å². The van der Waals surface area contributed by atoms with Crippen LogP contribution in [0.1, 0.15) is 20.3 Å². The minimum Gasteiger partial charge on any atom is -0.497 e. The number of methoxy groups -OCH3 is 2. The van der Waals surface area contributed by atoms with E-state index in [0.29, 0.717) is 30.3 Å². The second kappa shape index (κ2) is 10.9. The van der Waals surface area contributed by atoms with E-state index >= 15 is 0 Å². The number of carbonyl (C=O) groups is 2. The quantitative estimate of drug-likeness (QED) is 0.657. The van der Waals surface area contributed by atoms with E-state index in [9.17, 15) is 9.59 Å². The van der Waals surface area contributed by atoms with Crippen molar-refractivity contribution in [3.8, 4) is 11.5 Å². The highest BCUT2D eigenvalue weighted by molar-refractivity contribution is 5.94. The van der Waals surface area contributed by atoms with Crippen molar-refractivity contribution < 1.29 is 19.1 Å². The van der Waals surface area contributed by atoms with Crippen LogP contribution in [0.25, 0.3) is 0 Å². The van der Waals surface area contributed by atoms with Gasteiger partial charge in [0, 0.05) is 38.3 Å². The number of hydrogen-bond donors (Lipinski definition) is 2. The smallest absolute Gasteiger partial charge is 0.238 e. The molecule has 8 nitrogen and oxygen atoms in total. The summed E-state index contributed by atoms with van der Waals surface area (Å²) in [5.74, 6) is 1.20. The van der Waals surface area contributed by atoms with Gasteiger partial charge in [0.05, 0.1) is 33.0 Å². The van der Waals surface area contributed by atoms with Crippen molar-refractivity contribution in [2.45, 2.75) is 26.3 Å². The molecule has 2 rings (SSSR count). The molecular formula is C20H32N4O4. The van der Waals surface area contributed by atoms with Gasteiger partial charge >= 0.3 is 0 Å². The topological polar surface area (TPSA) is 83.1 Å². The lowest BCUT2D eigenvalue weighted by Crippen LogP contribution is -2.51. The van der Waals surface area contributed by atoms with Crippen LogP contribution in [0, 0.1) is 0 Å². The number of rotatable bonds is 9. The summed E-state index contributed by atoms with van der Waals surface area (Å²) in [4.78, 5) is 28.6. The van der Waals surface area contributed by atoms with Crippen molar-refractivity contribution in [1.82, 2.24) is 15.1 Å². The van der Waals surface area contributed by atoms with Gasteiger partial charge in [-0.2, -0.15) is 0 Å². The molecular weight excluding hydrogens is 360 g/mol. The predicted molar refractivity (Wildman–Crippen MR) is 109 cm³/mol. The number of anilines is 1. The molecule has 28 heavy (non-hydrogen) atoms. The fourth-order valence-corrected chi connectivity index (χ4v) is 3.04. The molecule has 0 aromatic heterocycles. The monoisotopic (exact) mass is 392 g/mol. The van der Waals surface area contributed by atoms with E-state index in [4.69, 9.17) is 9.47 Å². The molecule has 0 saturated carbocycles. The number of ether oxygens (including phenoxy) is 2. The Hall–Kier alpha value is -2.32. The van der Waals surface area contributed by atoms with Crippen LogP contribution >= 0.6 is 0 Å². The molecule has 0 aliphatic carbocycles. The van der Waals surface area contributed by atoms with Crippen molar-refractivity contribution in [2.75, 3.05) is 58.8 Å². The lowest BCUT2D eigenvalue weighted by Gasteiger charge is -2.34. The summed E-state index contributed by atoms with van der Waals surface area (Å²) < 4.78 is 10.5. The Morgan fingerprint density at radius 1 is 1.04 bits per heavy atom. The zero-order valence-corrected chi connectivity index (χ0v) is 17.3. The van der Waals surface area contributed by atoms with Crippen molar-refractivity contribution in [3.05, 3.63) is 18.2 Å². The zero-order chi connectivity index (χ0) is 20.5. The van der Waals surface area contributed by atoms with Gasteiger partial charge in [0.1, 0.15) is 11.5 Å². The molecule has 0 radical (unpaired) electrons. The molecule has 2 amide bonds. The van der Waals surface area contributed by atoms with Crippen LogP contribution in [-0.2, 0) is 9.59 Å². The summed E-state index contributed by atoms with van der Waals surface area (Å²) in [5.41, 5.74) is 0.590. The summed E-state index contributed by atoms with van der Waals surface area (Å²) in [6.07, 6.45) is 0.923. The van der Waals surface area contributed by atoms with Crippen LogP contribution in [0.3, 0.4) is 0 Å². The lowest BCUT2D eigenvalue weighted by atomic mass is 10.2. The second-order valence-electron chi connectivity index (χ2n) is 7.04. The molecule has 1 heterocycles. The summed E-state index contributed by atoms with van der Waals surface area (Å²) in [5, 5.41) is 5.88. The van der Waals surface area contributed by atoms with Crippen molar-refractivity contribution in [2.24, 2.45) is 0 Å². The van der Waals surface area contributed by atoms with Crippen LogP contribution in [0.15, 0.2) is 18.2 Å². The summed E-state index contributed by atoms with van der Waals surface area (Å²) in [7, 11) is 3.14. The largest absolute Gasteiger partial charge is 0.497 e. The first-order chi connectivity index (χ1) is 13.4. The Balaban J connectivity index is 1.78. The Bertz CT molecular complexity index is 660. The molecule has 2 N–H and O–H groups in total. The van der Waals surface area contributed by atoms with Crippen LogP contribution in [0.2, 0.25) is 0 Å². The van der Waals surface area contributed by atoms with E-state index in [1.54, 1.807) is 32.4 Å². The van der Waals surface area contributed by atoms with Gasteiger partial charge in [0.15, 0.2) is 0 Å². The first-order valence-corrected chi connectivity index (χ1v) is 9.71. The number of carbonyl (C=O) groups excluding carboxylic acids is 2. The number of benzene rings is 1. The maximum atomic E-state index is 12.4. The van der Waals surface area contributed by atoms with Crippen molar-refractivity contribution in [1.29, 1.82) is 0 Å². The van der Waals surface area contributed by atoms with E-state index in [0.717, 1.165) is 32.6 Å².